The maximum Gasteiger partial charge on any atom is 0.297 e. The zero-order chi connectivity index (χ0) is 17.1. The smallest absolute Gasteiger partial charge is 0.297 e. The fraction of sp³-hybridized carbons (Fsp3) is 0.412. The lowest BCUT2D eigenvalue weighted by atomic mass is 9.99. The number of fused-ring (bicyclic) bond motifs is 1. The summed E-state index contributed by atoms with van der Waals surface area (Å²) in [4.78, 5) is 0.180. The van der Waals surface area contributed by atoms with Crippen molar-refractivity contribution in [1.29, 1.82) is 0 Å². The van der Waals surface area contributed by atoms with E-state index in [9.17, 15) is 8.42 Å². The van der Waals surface area contributed by atoms with Crippen LogP contribution in [0.5, 0.6) is 0 Å². The van der Waals surface area contributed by atoms with Gasteiger partial charge in [0.15, 0.2) is 0 Å². The predicted molar refractivity (Wildman–Crippen MR) is 94.1 cm³/mol. The highest BCUT2D eigenvalue weighted by atomic mass is 32.2. The number of nitrogens with one attached hydrogen (secondary N) is 1. The van der Waals surface area contributed by atoms with E-state index in [0.717, 1.165) is 11.1 Å². The van der Waals surface area contributed by atoms with Gasteiger partial charge in [0.2, 0.25) is 0 Å². The molecule has 0 saturated carbocycles. The molecule has 2 aromatic rings. The number of rotatable bonds is 6. The molecule has 0 spiro atoms. The van der Waals surface area contributed by atoms with E-state index in [4.69, 9.17) is 9.92 Å². The Morgan fingerprint density at radius 1 is 1.13 bits per heavy atom. The molecule has 23 heavy (non-hydrogen) atoms. The Morgan fingerprint density at radius 2 is 1.78 bits per heavy atom. The molecule has 0 unspecified atom stereocenters. The summed E-state index contributed by atoms with van der Waals surface area (Å²) in [7, 11) is -3.84. The molecule has 0 aliphatic heterocycles. The zero-order valence-electron chi connectivity index (χ0n) is 13.8. The van der Waals surface area contributed by atoms with E-state index in [0.29, 0.717) is 18.5 Å². The SMILES string of the molecule is CC(C)(C)COS(=O)(=O)c1cccc2cccc(NCCN)c12. The first-order valence-corrected chi connectivity index (χ1v) is 9.00. The molecule has 0 fully saturated rings. The summed E-state index contributed by atoms with van der Waals surface area (Å²) in [5.74, 6) is 0. The standard InChI is InChI=1S/C17H24N2O3S/c1-17(2,3)12-22-23(20,21)15-9-5-7-13-6-4-8-14(16(13)15)19-11-10-18/h4-9,19H,10-12,18H2,1-3H3. The quantitative estimate of drug-likeness (QED) is 0.793. The average molecular weight is 336 g/mol. The molecule has 126 valence electrons. The lowest BCUT2D eigenvalue weighted by molar-refractivity contribution is 0.203. The van der Waals surface area contributed by atoms with Crippen LogP contribution in [0.15, 0.2) is 41.3 Å². The van der Waals surface area contributed by atoms with Gasteiger partial charge in [0.05, 0.1) is 6.61 Å². The predicted octanol–water partition coefficient (Wildman–Crippen LogP) is 2.96. The maximum atomic E-state index is 12.6. The second kappa shape index (κ2) is 6.86. The van der Waals surface area contributed by atoms with Crippen LogP contribution in [0, 0.1) is 5.41 Å². The van der Waals surface area contributed by atoms with Crippen molar-refractivity contribution in [2.75, 3.05) is 25.0 Å². The molecule has 0 amide bonds. The highest BCUT2D eigenvalue weighted by Crippen LogP contribution is 2.31. The Balaban J connectivity index is 2.51. The van der Waals surface area contributed by atoms with Gasteiger partial charge in [-0.3, -0.25) is 4.18 Å². The molecule has 0 radical (unpaired) electrons. The van der Waals surface area contributed by atoms with E-state index in [1.807, 2.05) is 45.0 Å². The first-order chi connectivity index (χ1) is 10.7. The monoisotopic (exact) mass is 336 g/mol. The van der Waals surface area contributed by atoms with Crippen molar-refractivity contribution < 1.29 is 12.6 Å². The first-order valence-electron chi connectivity index (χ1n) is 7.60. The summed E-state index contributed by atoms with van der Waals surface area (Å²) in [6.45, 7) is 6.95. The van der Waals surface area contributed by atoms with Crippen LogP contribution in [0.2, 0.25) is 0 Å². The number of hydrogen-bond acceptors (Lipinski definition) is 5. The van der Waals surface area contributed by atoms with E-state index >= 15 is 0 Å². The fourth-order valence-electron chi connectivity index (χ4n) is 2.19. The number of benzene rings is 2. The Bertz CT molecular complexity index is 775. The third-order valence-electron chi connectivity index (χ3n) is 3.24. The maximum absolute atomic E-state index is 12.6. The van der Waals surface area contributed by atoms with Crippen LogP contribution in [0.25, 0.3) is 10.8 Å². The molecule has 0 saturated heterocycles. The van der Waals surface area contributed by atoms with Gasteiger partial charge in [-0.2, -0.15) is 8.42 Å². The summed E-state index contributed by atoms with van der Waals surface area (Å²) in [5.41, 5.74) is 6.04. The van der Waals surface area contributed by atoms with Crippen LogP contribution in [-0.2, 0) is 14.3 Å². The number of anilines is 1. The van der Waals surface area contributed by atoms with Crippen molar-refractivity contribution in [3.63, 3.8) is 0 Å². The van der Waals surface area contributed by atoms with Crippen LogP contribution in [-0.4, -0.2) is 28.1 Å². The molecule has 2 rings (SSSR count). The Hall–Kier alpha value is -1.63. The third-order valence-corrected chi connectivity index (χ3v) is 4.55. The van der Waals surface area contributed by atoms with Crippen LogP contribution in [0.3, 0.4) is 0 Å². The van der Waals surface area contributed by atoms with Crippen LogP contribution < -0.4 is 11.1 Å². The van der Waals surface area contributed by atoms with Gasteiger partial charge < -0.3 is 11.1 Å². The van der Waals surface area contributed by atoms with Gasteiger partial charge in [-0.25, -0.2) is 0 Å². The normalized spacial score (nSPS) is 12.5. The molecule has 0 aliphatic carbocycles. The Labute approximate surface area is 138 Å². The van der Waals surface area contributed by atoms with Gasteiger partial charge >= 0.3 is 0 Å². The van der Waals surface area contributed by atoms with Gasteiger partial charge in [0.25, 0.3) is 10.1 Å². The minimum atomic E-state index is -3.84. The lowest BCUT2D eigenvalue weighted by Gasteiger charge is -2.19. The molecule has 6 heteroatoms. The molecule has 0 heterocycles. The Kier molecular flexibility index (Phi) is 5.29. The third kappa shape index (κ3) is 4.43. The molecule has 0 bridgehead atoms. The van der Waals surface area contributed by atoms with Crippen molar-refractivity contribution in [1.82, 2.24) is 0 Å². The van der Waals surface area contributed by atoms with Gasteiger partial charge in [0, 0.05) is 24.2 Å². The van der Waals surface area contributed by atoms with E-state index in [1.165, 1.54) is 0 Å². The number of nitrogens with two attached hydrogens (primary N) is 1. The average Bonchev–Trinajstić information content (AvgIpc) is 2.49. The van der Waals surface area contributed by atoms with E-state index < -0.39 is 10.1 Å². The first kappa shape index (κ1) is 17.7. The zero-order valence-corrected chi connectivity index (χ0v) is 14.6. The second-order valence-electron chi connectivity index (χ2n) is 6.65. The molecule has 5 nitrogen and oxygen atoms in total. The largest absolute Gasteiger partial charge is 0.383 e. The van der Waals surface area contributed by atoms with Gasteiger partial charge in [-0.05, 0) is 22.9 Å². The van der Waals surface area contributed by atoms with E-state index in [-0.39, 0.29) is 16.9 Å². The minimum absolute atomic E-state index is 0.129. The topological polar surface area (TPSA) is 81.4 Å². The van der Waals surface area contributed by atoms with Gasteiger partial charge in [-0.1, -0.05) is 45.0 Å². The van der Waals surface area contributed by atoms with Crippen molar-refractivity contribution >= 4 is 26.6 Å². The van der Waals surface area contributed by atoms with Gasteiger partial charge in [0.1, 0.15) is 4.90 Å². The summed E-state index contributed by atoms with van der Waals surface area (Å²) in [5, 5.41) is 4.65. The molecule has 2 aromatic carbocycles. The molecule has 3 N–H and O–H groups in total. The van der Waals surface area contributed by atoms with Crippen molar-refractivity contribution in [2.24, 2.45) is 11.1 Å². The van der Waals surface area contributed by atoms with Crippen LogP contribution in [0.4, 0.5) is 5.69 Å². The summed E-state index contributed by atoms with van der Waals surface area (Å²) in [6, 6.07) is 10.8. The second-order valence-corrected chi connectivity index (χ2v) is 8.24. The van der Waals surface area contributed by atoms with Crippen LogP contribution >= 0.6 is 0 Å². The highest BCUT2D eigenvalue weighted by Gasteiger charge is 2.23. The molecular weight excluding hydrogens is 312 g/mol. The summed E-state index contributed by atoms with van der Waals surface area (Å²) in [6.07, 6.45) is 0. The highest BCUT2D eigenvalue weighted by molar-refractivity contribution is 7.87. The van der Waals surface area contributed by atoms with Crippen molar-refractivity contribution in [3.05, 3.63) is 36.4 Å². The van der Waals surface area contributed by atoms with Crippen LogP contribution in [0.1, 0.15) is 20.8 Å². The Morgan fingerprint density at radius 3 is 2.39 bits per heavy atom. The fourth-order valence-corrected chi connectivity index (χ4v) is 3.55. The lowest BCUT2D eigenvalue weighted by Crippen LogP contribution is -2.19. The van der Waals surface area contributed by atoms with Crippen molar-refractivity contribution in [2.45, 2.75) is 25.7 Å². The molecule has 0 aliphatic rings. The molecular formula is C17H24N2O3S. The van der Waals surface area contributed by atoms with Crippen molar-refractivity contribution in [3.8, 4) is 0 Å². The molecule has 0 aromatic heterocycles. The molecule has 0 atom stereocenters. The van der Waals surface area contributed by atoms with E-state index in [2.05, 4.69) is 5.32 Å². The summed E-state index contributed by atoms with van der Waals surface area (Å²) >= 11 is 0. The summed E-state index contributed by atoms with van der Waals surface area (Å²) < 4.78 is 30.6. The van der Waals surface area contributed by atoms with Gasteiger partial charge in [-0.15, -0.1) is 0 Å². The number of hydrogen-bond donors (Lipinski definition) is 2. The minimum Gasteiger partial charge on any atom is -0.383 e. The van der Waals surface area contributed by atoms with E-state index in [1.54, 1.807) is 12.1 Å².